The van der Waals surface area contributed by atoms with Gasteiger partial charge in [0.25, 0.3) is 0 Å². The average molecular weight is 466 g/mol. The molecule has 0 fully saturated rings. The molecular weight excluding hydrogens is 446 g/mol. The van der Waals surface area contributed by atoms with Crippen LogP contribution in [0.3, 0.4) is 0 Å². The lowest BCUT2D eigenvalue weighted by Crippen LogP contribution is -1.85. The molecule has 7 N–H and O–H groups in total. The molecule has 0 heterocycles. The molecule has 0 aliphatic carbocycles. The highest BCUT2D eigenvalue weighted by Crippen LogP contribution is 2.39. The van der Waals surface area contributed by atoms with Gasteiger partial charge in [-0.25, -0.2) is 9.13 Å². The molecule has 0 aromatic heterocycles. The van der Waals surface area contributed by atoms with Gasteiger partial charge in [-0.2, -0.15) is 0 Å². The molecule has 0 saturated heterocycles. The molecule has 0 bridgehead atoms. The molecule has 164 valence electrons. The Morgan fingerprint density at radius 3 is 1.48 bits per heavy atom. The van der Waals surface area contributed by atoms with Crippen LogP contribution in [0.15, 0.2) is 78.9 Å². The highest BCUT2D eigenvalue weighted by atomic mass is 31.2. The minimum Gasteiger partial charge on any atom is -0.507 e. The lowest BCUT2D eigenvalue weighted by molar-refractivity contribution is 0.272. The van der Waals surface area contributed by atoms with E-state index >= 15 is 0 Å². The van der Waals surface area contributed by atoms with Gasteiger partial charge in [-0.05, 0) is 33.2 Å². The van der Waals surface area contributed by atoms with Gasteiger partial charge >= 0.3 is 15.6 Å². The fourth-order valence-electron chi connectivity index (χ4n) is 2.99. The SMILES string of the molecule is O=P(O)(O)O.O=P(O)(O)O.Oc1ccc2ccccc2c1-c1cccc2ccccc12. The fraction of sp³-hybridized carbons (Fsp3) is 0. The topological polar surface area (TPSA) is 176 Å². The second kappa shape index (κ2) is 10.2. The zero-order valence-corrected chi connectivity index (χ0v) is 17.6. The van der Waals surface area contributed by atoms with Crippen molar-refractivity contribution in [3.05, 3.63) is 78.9 Å². The van der Waals surface area contributed by atoms with Gasteiger partial charge in [0.15, 0.2) is 0 Å². The van der Waals surface area contributed by atoms with Crippen LogP contribution in [-0.2, 0) is 9.13 Å². The number of fused-ring (bicyclic) bond motifs is 2. The van der Waals surface area contributed by atoms with E-state index in [0.29, 0.717) is 5.75 Å². The van der Waals surface area contributed by atoms with Crippen LogP contribution in [-0.4, -0.2) is 34.5 Å². The van der Waals surface area contributed by atoms with E-state index in [4.69, 9.17) is 38.5 Å². The molecule has 31 heavy (non-hydrogen) atoms. The van der Waals surface area contributed by atoms with Crippen molar-refractivity contribution >= 4 is 37.2 Å². The first-order valence-corrected chi connectivity index (χ1v) is 11.7. The Bertz CT molecular complexity index is 1240. The van der Waals surface area contributed by atoms with Gasteiger partial charge in [-0.1, -0.05) is 72.8 Å². The average Bonchev–Trinajstić information content (AvgIpc) is 2.65. The monoisotopic (exact) mass is 466 g/mol. The molecule has 4 aromatic carbocycles. The van der Waals surface area contributed by atoms with Crippen LogP contribution in [0.1, 0.15) is 0 Å². The van der Waals surface area contributed by atoms with Crippen LogP contribution in [0.2, 0.25) is 0 Å². The maximum absolute atomic E-state index is 10.4. The van der Waals surface area contributed by atoms with Gasteiger partial charge in [0.05, 0.1) is 0 Å². The van der Waals surface area contributed by atoms with Crippen LogP contribution in [0.25, 0.3) is 32.7 Å². The first kappa shape index (κ1) is 24.7. The van der Waals surface area contributed by atoms with Crippen molar-refractivity contribution < 1.29 is 43.6 Å². The molecule has 0 unspecified atom stereocenters. The number of phosphoric acid groups is 2. The van der Waals surface area contributed by atoms with Gasteiger partial charge in [0.2, 0.25) is 0 Å². The van der Waals surface area contributed by atoms with E-state index < -0.39 is 15.6 Å². The number of hydrogen-bond donors (Lipinski definition) is 7. The highest BCUT2D eigenvalue weighted by Gasteiger charge is 2.11. The van der Waals surface area contributed by atoms with Gasteiger partial charge in [-0.15, -0.1) is 0 Å². The van der Waals surface area contributed by atoms with E-state index in [2.05, 4.69) is 36.4 Å². The fourth-order valence-corrected chi connectivity index (χ4v) is 2.99. The number of phenols is 1. The number of phenolic OH excluding ortho intramolecular Hbond substituents is 1. The van der Waals surface area contributed by atoms with Crippen molar-refractivity contribution in [1.29, 1.82) is 0 Å². The van der Waals surface area contributed by atoms with Gasteiger partial charge < -0.3 is 34.5 Å². The summed E-state index contributed by atoms with van der Waals surface area (Å²) in [6.45, 7) is 0. The number of rotatable bonds is 1. The Kier molecular flexibility index (Phi) is 8.08. The predicted octanol–water partition coefficient (Wildman–Crippen LogP) is 3.51. The minimum absolute atomic E-state index is 0.324. The van der Waals surface area contributed by atoms with Crippen LogP contribution in [0, 0.1) is 0 Å². The Labute approximate surface area is 177 Å². The second-order valence-electron chi connectivity index (χ2n) is 6.23. The molecule has 0 radical (unpaired) electrons. The van der Waals surface area contributed by atoms with Crippen LogP contribution in [0.5, 0.6) is 5.75 Å². The summed E-state index contributed by atoms with van der Waals surface area (Å²) in [6, 6.07) is 26.4. The standard InChI is InChI=1S/C20H14O.2H3O4P/c21-19-13-12-15-7-2-4-10-17(15)20(19)18-11-5-8-14-6-1-3-9-16(14)18;2*1-5(2,3)4/h1-13,21H;2*(H3,1,2,3,4). The molecule has 0 spiro atoms. The molecular formula is C20H20O9P2. The van der Waals surface area contributed by atoms with Crippen LogP contribution < -0.4 is 0 Å². The third-order valence-corrected chi connectivity index (χ3v) is 3.97. The summed E-state index contributed by atoms with van der Waals surface area (Å²) in [6.07, 6.45) is 0. The Balaban J connectivity index is 0.000000289. The van der Waals surface area contributed by atoms with Crippen molar-refractivity contribution in [2.24, 2.45) is 0 Å². The zero-order chi connectivity index (χ0) is 23.2. The van der Waals surface area contributed by atoms with Crippen molar-refractivity contribution in [3.8, 4) is 16.9 Å². The molecule has 0 aliphatic heterocycles. The first-order valence-electron chi connectivity index (χ1n) is 8.60. The quantitative estimate of drug-likeness (QED) is 0.207. The summed E-state index contributed by atoms with van der Waals surface area (Å²) in [7, 11) is -9.28. The van der Waals surface area contributed by atoms with E-state index in [-0.39, 0.29) is 0 Å². The van der Waals surface area contributed by atoms with E-state index in [0.717, 1.165) is 27.3 Å². The molecule has 4 rings (SSSR count). The molecule has 11 heteroatoms. The van der Waals surface area contributed by atoms with Gasteiger partial charge in [0, 0.05) is 5.56 Å². The molecule has 9 nitrogen and oxygen atoms in total. The van der Waals surface area contributed by atoms with Crippen molar-refractivity contribution in [2.45, 2.75) is 0 Å². The highest BCUT2D eigenvalue weighted by molar-refractivity contribution is 7.45. The molecule has 0 aliphatic rings. The van der Waals surface area contributed by atoms with Gasteiger partial charge in [0.1, 0.15) is 5.75 Å². The van der Waals surface area contributed by atoms with E-state index in [1.807, 2.05) is 36.4 Å². The summed E-state index contributed by atoms with van der Waals surface area (Å²) < 4.78 is 17.8. The Morgan fingerprint density at radius 1 is 0.516 bits per heavy atom. The summed E-state index contributed by atoms with van der Waals surface area (Å²) in [4.78, 5) is 43.1. The van der Waals surface area contributed by atoms with E-state index in [9.17, 15) is 5.11 Å². The second-order valence-corrected chi connectivity index (χ2v) is 8.29. The number of aromatic hydroxyl groups is 1. The van der Waals surface area contributed by atoms with E-state index in [1.54, 1.807) is 6.07 Å². The summed E-state index contributed by atoms with van der Waals surface area (Å²) in [5.41, 5.74) is 1.98. The van der Waals surface area contributed by atoms with Crippen molar-refractivity contribution in [3.63, 3.8) is 0 Å². The third kappa shape index (κ3) is 8.22. The number of hydrogen-bond acceptors (Lipinski definition) is 3. The molecule has 0 amide bonds. The lowest BCUT2D eigenvalue weighted by atomic mass is 9.93. The lowest BCUT2D eigenvalue weighted by Gasteiger charge is -2.12. The molecule has 4 aromatic rings. The normalized spacial score (nSPS) is 11.3. The van der Waals surface area contributed by atoms with Gasteiger partial charge in [-0.3, -0.25) is 0 Å². The predicted molar refractivity (Wildman–Crippen MR) is 117 cm³/mol. The summed E-state index contributed by atoms with van der Waals surface area (Å²) in [5, 5.41) is 15.0. The minimum atomic E-state index is -4.64. The van der Waals surface area contributed by atoms with Crippen LogP contribution >= 0.6 is 15.6 Å². The maximum atomic E-state index is 10.4. The maximum Gasteiger partial charge on any atom is 0.466 e. The first-order chi connectivity index (χ1) is 14.3. The smallest absolute Gasteiger partial charge is 0.466 e. The number of benzene rings is 4. The summed E-state index contributed by atoms with van der Waals surface area (Å²) >= 11 is 0. The Hall–Kier alpha value is -2.58. The van der Waals surface area contributed by atoms with E-state index in [1.165, 1.54) is 5.39 Å². The molecule has 0 saturated carbocycles. The summed E-state index contributed by atoms with van der Waals surface area (Å²) in [5.74, 6) is 0.324. The zero-order valence-electron chi connectivity index (χ0n) is 15.8. The third-order valence-electron chi connectivity index (χ3n) is 3.97. The molecule has 0 atom stereocenters. The largest absolute Gasteiger partial charge is 0.507 e. The van der Waals surface area contributed by atoms with Crippen molar-refractivity contribution in [1.82, 2.24) is 0 Å². The van der Waals surface area contributed by atoms with Crippen molar-refractivity contribution in [2.75, 3.05) is 0 Å². The van der Waals surface area contributed by atoms with Crippen LogP contribution in [0.4, 0.5) is 0 Å². The Morgan fingerprint density at radius 2 is 0.935 bits per heavy atom.